The number of halogens is 2. The third-order valence-corrected chi connectivity index (χ3v) is 13.8. The fourth-order valence-electron chi connectivity index (χ4n) is 2.01. The van der Waals surface area contributed by atoms with Crippen molar-refractivity contribution in [2.45, 2.75) is 42.5 Å². The molecule has 1 unspecified atom stereocenters. The number of benzene rings is 1. The first-order valence-electron chi connectivity index (χ1n) is 6.81. The summed E-state index contributed by atoms with van der Waals surface area (Å²) in [6, 6.07) is 6.25. The van der Waals surface area contributed by atoms with E-state index in [-0.39, 0.29) is 8.66 Å². The molecule has 0 aliphatic heterocycles. The maximum absolute atomic E-state index is 6.46. The Balaban J connectivity index is 2.36. The van der Waals surface area contributed by atoms with Crippen LogP contribution < -0.4 is 4.43 Å². The molecule has 0 saturated heterocycles. The van der Waals surface area contributed by atoms with Crippen LogP contribution in [0.1, 0.15) is 35.5 Å². The maximum atomic E-state index is 6.46. The standard InChI is InChI=1S/C15H21OSi.2ClH.Zr/c1-15(2,3)17(4,5)16-14-11-7-9-12-8-6-10-13(12)14;;;/h6-11H,1-5H3;2*1H;/q;;;+2/p-2. The van der Waals surface area contributed by atoms with Crippen molar-refractivity contribution in [3.8, 4) is 5.75 Å². The zero-order valence-corrected chi connectivity index (χ0v) is 17.6. The van der Waals surface area contributed by atoms with Crippen molar-refractivity contribution < 1.29 is 23.8 Å². The van der Waals surface area contributed by atoms with Crippen molar-refractivity contribution in [3.63, 3.8) is 0 Å². The molecule has 109 valence electrons. The predicted molar refractivity (Wildman–Crippen MR) is 87.7 cm³/mol. The van der Waals surface area contributed by atoms with Crippen LogP contribution in [0.5, 0.6) is 5.75 Å². The fraction of sp³-hybridized carbons (Fsp3) is 0.467. The third-order valence-electron chi connectivity index (χ3n) is 4.30. The Morgan fingerprint density at radius 1 is 1.20 bits per heavy atom. The molecular weight excluding hydrogens is 386 g/mol. The Labute approximate surface area is 138 Å². The van der Waals surface area contributed by atoms with Gasteiger partial charge in [-0.2, -0.15) is 0 Å². The van der Waals surface area contributed by atoms with Crippen molar-refractivity contribution in [1.29, 1.82) is 0 Å². The SMILES string of the molecule is CC(C)(C)[Si](C)(C)Oc1cccc2c1C=C[CH]2[Zr]([Cl])[Cl]. The van der Waals surface area contributed by atoms with Crippen molar-refractivity contribution in [1.82, 2.24) is 0 Å². The van der Waals surface area contributed by atoms with Crippen LogP contribution in [0.4, 0.5) is 0 Å². The van der Waals surface area contributed by atoms with E-state index in [0.29, 0.717) is 0 Å². The van der Waals surface area contributed by atoms with E-state index in [1.807, 2.05) is 0 Å². The molecule has 1 atom stereocenters. The number of allylic oxidation sites excluding steroid dienone is 1. The zero-order valence-electron chi connectivity index (χ0n) is 12.6. The molecule has 5 heteroatoms. The zero-order chi connectivity index (χ0) is 15.1. The number of hydrogen-bond acceptors (Lipinski definition) is 1. The Kier molecular flexibility index (Phi) is 4.97. The molecule has 1 nitrogen and oxygen atoms in total. The van der Waals surface area contributed by atoms with Gasteiger partial charge < -0.3 is 0 Å². The Morgan fingerprint density at radius 2 is 1.85 bits per heavy atom. The van der Waals surface area contributed by atoms with E-state index in [1.165, 1.54) is 11.1 Å². The van der Waals surface area contributed by atoms with Gasteiger partial charge in [0.1, 0.15) is 0 Å². The molecule has 1 aliphatic rings. The minimum atomic E-state index is -2.31. The number of fused-ring (bicyclic) bond motifs is 1. The number of hydrogen-bond donors (Lipinski definition) is 0. The van der Waals surface area contributed by atoms with Crippen LogP contribution in [0, 0.1) is 0 Å². The van der Waals surface area contributed by atoms with Crippen LogP contribution in [-0.2, 0) is 19.4 Å². The molecule has 0 amide bonds. The predicted octanol–water partition coefficient (Wildman–Crippen LogP) is 6.06. The van der Waals surface area contributed by atoms with Crippen LogP contribution in [0.2, 0.25) is 18.1 Å². The second-order valence-electron chi connectivity index (χ2n) is 6.75. The summed E-state index contributed by atoms with van der Waals surface area (Å²) < 4.78 is 6.72. The van der Waals surface area contributed by atoms with Gasteiger partial charge in [-0.1, -0.05) is 0 Å². The van der Waals surface area contributed by atoms with Gasteiger partial charge in [-0.3, -0.25) is 0 Å². The Hall–Kier alpha value is 0.440. The first-order valence-corrected chi connectivity index (χ1v) is 17.5. The average Bonchev–Trinajstić information content (AvgIpc) is 2.71. The summed E-state index contributed by atoms with van der Waals surface area (Å²) >= 11 is -2.31. The van der Waals surface area contributed by atoms with Crippen LogP contribution in [0.25, 0.3) is 6.08 Å². The Bertz CT molecular complexity index is 535. The molecule has 20 heavy (non-hydrogen) atoms. The second kappa shape index (κ2) is 5.91. The van der Waals surface area contributed by atoms with E-state index in [4.69, 9.17) is 21.5 Å². The monoisotopic (exact) mass is 405 g/mol. The van der Waals surface area contributed by atoms with Crippen molar-refractivity contribution in [2.75, 3.05) is 0 Å². The van der Waals surface area contributed by atoms with E-state index in [1.54, 1.807) is 0 Å². The van der Waals surface area contributed by atoms with E-state index < -0.39 is 27.7 Å². The van der Waals surface area contributed by atoms with Crippen LogP contribution in [-0.4, -0.2) is 8.32 Å². The molecule has 1 aliphatic carbocycles. The van der Waals surface area contributed by atoms with Crippen LogP contribution in [0.15, 0.2) is 24.3 Å². The normalized spacial score (nSPS) is 18.1. The fourth-order valence-corrected chi connectivity index (χ4v) is 7.09. The van der Waals surface area contributed by atoms with Crippen LogP contribution in [0.3, 0.4) is 0 Å². The van der Waals surface area contributed by atoms with Gasteiger partial charge in [-0.15, -0.1) is 0 Å². The van der Waals surface area contributed by atoms with E-state index in [0.717, 1.165) is 5.75 Å². The van der Waals surface area contributed by atoms with E-state index >= 15 is 0 Å². The van der Waals surface area contributed by atoms with Gasteiger partial charge in [0.05, 0.1) is 0 Å². The van der Waals surface area contributed by atoms with Crippen molar-refractivity contribution in [2.24, 2.45) is 0 Å². The summed E-state index contributed by atoms with van der Waals surface area (Å²) in [7, 11) is 10.7. The Morgan fingerprint density at radius 3 is 2.40 bits per heavy atom. The molecule has 0 fully saturated rings. The second-order valence-corrected chi connectivity index (χ2v) is 20.4. The molecule has 1 aromatic rings. The van der Waals surface area contributed by atoms with Crippen molar-refractivity contribution >= 4 is 31.4 Å². The van der Waals surface area contributed by atoms with Gasteiger partial charge in [0, 0.05) is 0 Å². The van der Waals surface area contributed by atoms with Gasteiger partial charge in [-0.05, 0) is 0 Å². The molecule has 0 N–H and O–H groups in total. The summed E-state index contributed by atoms with van der Waals surface area (Å²) in [4.78, 5) is 0. The minimum absolute atomic E-state index is 0.192. The van der Waals surface area contributed by atoms with Gasteiger partial charge in [-0.25, -0.2) is 0 Å². The molecule has 0 spiro atoms. The van der Waals surface area contributed by atoms with Gasteiger partial charge in [0.15, 0.2) is 0 Å². The molecule has 0 bridgehead atoms. The van der Waals surface area contributed by atoms with Gasteiger partial charge >= 0.3 is 139 Å². The van der Waals surface area contributed by atoms with E-state index in [2.05, 4.69) is 64.2 Å². The molecule has 0 aromatic heterocycles. The molecule has 2 rings (SSSR count). The average molecular weight is 408 g/mol. The van der Waals surface area contributed by atoms with Crippen molar-refractivity contribution in [3.05, 3.63) is 35.4 Å². The molecule has 0 heterocycles. The summed E-state index contributed by atoms with van der Waals surface area (Å²) in [6.45, 7) is 11.3. The first-order chi connectivity index (χ1) is 9.13. The third kappa shape index (κ3) is 3.27. The molecule has 0 radical (unpaired) electrons. The molecule has 1 aromatic carbocycles. The quantitative estimate of drug-likeness (QED) is 0.553. The summed E-state index contributed by atoms with van der Waals surface area (Å²) in [5, 5.41) is 0.192. The topological polar surface area (TPSA) is 9.23 Å². The summed E-state index contributed by atoms with van der Waals surface area (Å²) in [6.07, 6.45) is 4.28. The molecular formula is C15H21Cl2OSiZr. The van der Waals surface area contributed by atoms with Gasteiger partial charge in [0.25, 0.3) is 0 Å². The van der Waals surface area contributed by atoms with Gasteiger partial charge in [0.2, 0.25) is 0 Å². The summed E-state index contributed by atoms with van der Waals surface area (Å²) in [5.41, 5.74) is 2.43. The molecule has 0 saturated carbocycles. The van der Waals surface area contributed by atoms with E-state index in [9.17, 15) is 0 Å². The first kappa shape index (κ1) is 16.8. The van der Waals surface area contributed by atoms with Crippen LogP contribution >= 0.6 is 17.0 Å². The number of rotatable bonds is 3. The summed E-state index contributed by atoms with van der Waals surface area (Å²) in [5.74, 6) is 0.991.